The maximum Gasteiger partial charge on any atom is 0.408 e. The van der Waals surface area contributed by atoms with Gasteiger partial charge >= 0.3 is 6.09 Å². The molecule has 2 fully saturated rings. The summed E-state index contributed by atoms with van der Waals surface area (Å²) in [6, 6.07) is -0.846. The third kappa shape index (κ3) is 3.47. The predicted molar refractivity (Wildman–Crippen MR) is 73.5 cm³/mol. The standard InChI is InChI=1S/C14H20ClF2NO3/c1-13(2,3)21-12(20)18-11(10(19)6-15)7-4-8-9(5-7)14(8,16)17/h7-9,11H,4-6H2,1-3H3,(H,18,20)/t7?,8-,9+,11?. The zero-order valence-electron chi connectivity index (χ0n) is 12.3. The number of hydrogen-bond donors (Lipinski definition) is 1. The van der Waals surface area contributed by atoms with Gasteiger partial charge in [-0.05, 0) is 39.5 Å². The number of amides is 1. The van der Waals surface area contributed by atoms with Crippen molar-refractivity contribution >= 4 is 23.5 Å². The van der Waals surface area contributed by atoms with Gasteiger partial charge in [-0.25, -0.2) is 13.6 Å². The Morgan fingerprint density at radius 1 is 1.33 bits per heavy atom. The molecule has 7 heteroatoms. The van der Waals surface area contributed by atoms with E-state index in [-0.39, 0.29) is 30.4 Å². The van der Waals surface area contributed by atoms with Crippen molar-refractivity contribution < 1.29 is 23.1 Å². The quantitative estimate of drug-likeness (QED) is 0.809. The molecule has 0 heterocycles. The molecule has 2 aliphatic rings. The second-order valence-corrected chi connectivity index (χ2v) is 7.11. The Morgan fingerprint density at radius 3 is 2.29 bits per heavy atom. The van der Waals surface area contributed by atoms with Gasteiger partial charge in [-0.3, -0.25) is 4.79 Å². The van der Waals surface area contributed by atoms with Crippen LogP contribution in [0.5, 0.6) is 0 Å². The fourth-order valence-electron chi connectivity index (χ4n) is 3.10. The van der Waals surface area contributed by atoms with E-state index in [2.05, 4.69) is 5.32 Å². The SMILES string of the molecule is CC(C)(C)OC(=O)NC(C(=O)CCl)C1C[C@@H]2[C@H](C1)C2(F)F. The molecule has 2 rings (SSSR count). The minimum atomic E-state index is -2.60. The molecule has 0 aliphatic heterocycles. The number of Topliss-reactive ketones (excluding diaryl/α,β-unsaturated/α-hetero) is 1. The summed E-state index contributed by atoms with van der Waals surface area (Å²) >= 11 is 5.56. The van der Waals surface area contributed by atoms with E-state index in [1.807, 2.05) is 0 Å². The minimum Gasteiger partial charge on any atom is -0.444 e. The van der Waals surface area contributed by atoms with E-state index in [0.29, 0.717) is 0 Å². The molecule has 0 spiro atoms. The zero-order valence-corrected chi connectivity index (χ0v) is 13.0. The third-order valence-corrected chi connectivity index (χ3v) is 4.36. The van der Waals surface area contributed by atoms with Crippen LogP contribution >= 0.6 is 11.6 Å². The van der Waals surface area contributed by atoms with Crippen molar-refractivity contribution in [1.29, 1.82) is 0 Å². The normalized spacial score (nSPS) is 31.2. The van der Waals surface area contributed by atoms with Gasteiger partial charge in [0.1, 0.15) is 5.60 Å². The fourth-order valence-corrected chi connectivity index (χ4v) is 3.27. The lowest BCUT2D eigenvalue weighted by Gasteiger charge is -2.27. The number of carbonyl (C=O) groups excluding carboxylic acids is 2. The van der Waals surface area contributed by atoms with E-state index in [4.69, 9.17) is 16.3 Å². The van der Waals surface area contributed by atoms with Crippen LogP contribution in [-0.2, 0) is 9.53 Å². The lowest BCUT2D eigenvalue weighted by molar-refractivity contribution is -0.120. The summed E-state index contributed by atoms with van der Waals surface area (Å²) in [5.41, 5.74) is -0.691. The lowest BCUT2D eigenvalue weighted by atomic mass is 9.91. The van der Waals surface area contributed by atoms with Gasteiger partial charge in [0.25, 0.3) is 5.92 Å². The van der Waals surface area contributed by atoms with Crippen molar-refractivity contribution in [1.82, 2.24) is 5.32 Å². The highest BCUT2D eigenvalue weighted by molar-refractivity contribution is 6.28. The predicted octanol–water partition coefficient (Wildman–Crippen LogP) is 2.98. The Balaban J connectivity index is 1.97. The van der Waals surface area contributed by atoms with E-state index >= 15 is 0 Å². The number of rotatable bonds is 4. The number of ether oxygens (including phenoxy) is 1. The van der Waals surface area contributed by atoms with Gasteiger partial charge in [0, 0.05) is 11.8 Å². The first-order chi connectivity index (χ1) is 9.56. The van der Waals surface area contributed by atoms with Gasteiger partial charge in [0.05, 0.1) is 11.9 Å². The van der Waals surface area contributed by atoms with E-state index in [1.54, 1.807) is 20.8 Å². The maximum absolute atomic E-state index is 13.2. The molecule has 0 aromatic carbocycles. The van der Waals surface area contributed by atoms with Gasteiger partial charge in [-0.1, -0.05) is 0 Å². The number of halogens is 3. The molecule has 0 bridgehead atoms. The average molecular weight is 324 g/mol. The monoisotopic (exact) mass is 323 g/mol. The average Bonchev–Trinajstić information content (AvgIpc) is 2.75. The second-order valence-electron chi connectivity index (χ2n) is 6.84. The van der Waals surface area contributed by atoms with Crippen LogP contribution in [0.2, 0.25) is 0 Å². The van der Waals surface area contributed by atoms with Crippen molar-refractivity contribution in [3.8, 4) is 0 Å². The number of ketones is 1. The van der Waals surface area contributed by atoms with Gasteiger partial charge in [0.15, 0.2) is 5.78 Å². The van der Waals surface area contributed by atoms with Crippen LogP contribution in [0.4, 0.5) is 13.6 Å². The third-order valence-electron chi connectivity index (χ3n) is 4.10. The Hall–Kier alpha value is -0.910. The summed E-state index contributed by atoms with van der Waals surface area (Å²) in [7, 11) is 0. The topological polar surface area (TPSA) is 55.4 Å². The van der Waals surface area contributed by atoms with Gasteiger partial charge in [-0.2, -0.15) is 0 Å². The van der Waals surface area contributed by atoms with Gasteiger partial charge in [0.2, 0.25) is 0 Å². The van der Waals surface area contributed by atoms with Crippen molar-refractivity contribution in [2.45, 2.75) is 51.2 Å². The molecule has 2 unspecified atom stereocenters. The molecule has 1 amide bonds. The van der Waals surface area contributed by atoms with E-state index < -0.39 is 35.5 Å². The molecular formula is C14H20ClF2NO3. The molecule has 120 valence electrons. The molecule has 0 aromatic heterocycles. The van der Waals surface area contributed by atoms with Crippen LogP contribution in [-0.4, -0.2) is 35.3 Å². The van der Waals surface area contributed by atoms with Gasteiger partial charge in [-0.15, -0.1) is 11.6 Å². The van der Waals surface area contributed by atoms with Crippen molar-refractivity contribution in [3.05, 3.63) is 0 Å². The number of nitrogens with one attached hydrogen (secondary N) is 1. The zero-order chi connectivity index (χ0) is 16.0. The fraction of sp³-hybridized carbons (Fsp3) is 0.857. The largest absolute Gasteiger partial charge is 0.444 e. The summed E-state index contributed by atoms with van der Waals surface area (Å²) in [4.78, 5) is 23.7. The van der Waals surface area contributed by atoms with Crippen LogP contribution in [0, 0.1) is 17.8 Å². The molecule has 0 radical (unpaired) electrons. The van der Waals surface area contributed by atoms with E-state index in [1.165, 1.54) is 0 Å². The van der Waals surface area contributed by atoms with Crippen LogP contribution in [0.1, 0.15) is 33.6 Å². The number of alkyl carbamates (subject to hydrolysis) is 1. The van der Waals surface area contributed by atoms with E-state index in [9.17, 15) is 18.4 Å². The summed E-state index contributed by atoms with van der Waals surface area (Å²) in [6.45, 7) is 5.11. The molecular weight excluding hydrogens is 304 g/mol. The Bertz CT molecular complexity index is 436. The first-order valence-electron chi connectivity index (χ1n) is 7.02. The first kappa shape index (κ1) is 16.5. The maximum atomic E-state index is 13.2. The first-order valence-corrected chi connectivity index (χ1v) is 7.55. The summed E-state index contributed by atoms with van der Waals surface area (Å²) in [5.74, 6) is -4.84. The van der Waals surface area contributed by atoms with Crippen LogP contribution in [0.3, 0.4) is 0 Å². The molecule has 0 saturated heterocycles. The Morgan fingerprint density at radius 2 is 1.86 bits per heavy atom. The van der Waals surface area contributed by atoms with E-state index in [0.717, 1.165) is 0 Å². The van der Waals surface area contributed by atoms with Crippen LogP contribution in [0.25, 0.3) is 0 Å². The van der Waals surface area contributed by atoms with Crippen LogP contribution < -0.4 is 5.32 Å². The highest BCUT2D eigenvalue weighted by Crippen LogP contribution is 2.66. The Labute approximate surface area is 127 Å². The van der Waals surface area contributed by atoms with Crippen molar-refractivity contribution in [2.24, 2.45) is 17.8 Å². The molecule has 4 atom stereocenters. The molecule has 0 aromatic rings. The highest BCUT2D eigenvalue weighted by atomic mass is 35.5. The molecule has 2 saturated carbocycles. The number of fused-ring (bicyclic) bond motifs is 1. The number of alkyl halides is 3. The summed E-state index contributed by atoms with van der Waals surface area (Å²) in [5, 5.41) is 2.49. The molecule has 4 nitrogen and oxygen atoms in total. The Kier molecular flexibility index (Phi) is 4.21. The highest BCUT2D eigenvalue weighted by Gasteiger charge is 2.72. The second kappa shape index (κ2) is 5.38. The minimum absolute atomic E-state index is 0.237. The summed E-state index contributed by atoms with van der Waals surface area (Å²) in [6.07, 6.45) is -0.250. The number of carbonyl (C=O) groups is 2. The summed E-state index contributed by atoms with van der Waals surface area (Å²) < 4.78 is 31.6. The molecule has 1 N–H and O–H groups in total. The lowest BCUT2D eigenvalue weighted by Crippen LogP contribution is -2.48. The van der Waals surface area contributed by atoms with Crippen LogP contribution in [0.15, 0.2) is 0 Å². The van der Waals surface area contributed by atoms with Crippen molar-refractivity contribution in [2.75, 3.05) is 5.88 Å². The molecule has 21 heavy (non-hydrogen) atoms. The number of hydrogen-bond acceptors (Lipinski definition) is 3. The molecule has 2 aliphatic carbocycles. The van der Waals surface area contributed by atoms with Crippen molar-refractivity contribution in [3.63, 3.8) is 0 Å². The van der Waals surface area contributed by atoms with Gasteiger partial charge < -0.3 is 10.1 Å². The smallest absolute Gasteiger partial charge is 0.408 e.